The van der Waals surface area contributed by atoms with Crippen LogP contribution in [0.25, 0.3) is 0 Å². The average Bonchev–Trinajstić information content (AvgIpc) is 2.59. The van der Waals surface area contributed by atoms with Gasteiger partial charge < -0.3 is 0 Å². The van der Waals surface area contributed by atoms with Gasteiger partial charge in [-0.05, 0) is 18.8 Å². The van der Waals surface area contributed by atoms with E-state index in [9.17, 15) is 8.42 Å². The molecule has 4 nitrogen and oxygen atoms in total. The minimum atomic E-state index is -4.31. The van der Waals surface area contributed by atoms with Gasteiger partial charge in [-0.1, -0.05) is 110 Å². The molecule has 0 heterocycles. The van der Waals surface area contributed by atoms with Gasteiger partial charge in [0.25, 0.3) is 0 Å². The van der Waals surface area contributed by atoms with Gasteiger partial charge in [-0.15, -0.1) is 0 Å². The zero-order valence-corrected chi connectivity index (χ0v) is 18.2. The van der Waals surface area contributed by atoms with Crippen molar-refractivity contribution >= 4 is 10.4 Å². The Labute approximate surface area is 163 Å². The highest BCUT2D eigenvalue weighted by Gasteiger charge is 2.13. The molecule has 5 heteroatoms. The molecule has 0 spiro atoms. The Kier molecular flexibility index (Phi) is 18.2. The maximum Gasteiger partial charge on any atom is 0.397 e. The van der Waals surface area contributed by atoms with Gasteiger partial charge in [0.2, 0.25) is 0 Å². The van der Waals surface area contributed by atoms with Crippen molar-refractivity contribution in [3.63, 3.8) is 0 Å². The van der Waals surface area contributed by atoms with Gasteiger partial charge >= 0.3 is 10.4 Å². The predicted molar refractivity (Wildman–Crippen MR) is 111 cm³/mol. The van der Waals surface area contributed by atoms with Crippen molar-refractivity contribution in [3.05, 3.63) is 0 Å². The fraction of sp³-hybridized carbons (Fsp3) is 1.00. The van der Waals surface area contributed by atoms with Gasteiger partial charge in [0, 0.05) is 0 Å². The summed E-state index contributed by atoms with van der Waals surface area (Å²) in [6, 6.07) is 0. The van der Waals surface area contributed by atoms with Crippen LogP contribution in [0.3, 0.4) is 0 Å². The van der Waals surface area contributed by atoms with E-state index in [-0.39, 0.29) is 12.5 Å². The lowest BCUT2D eigenvalue weighted by atomic mass is 9.95. The number of hydrogen-bond acceptors (Lipinski definition) is 3. The lowest BCUT2D eigenvalue weighted by Gasteiger charge is -2.16. The van der Waals surface area contributed by atoms with E-state index < -0.39 is 10.4 Å². The zero-order valence-electron chi connectivity index (χ0n) is 17.4. The molecule has 26 heavy (non-hydrogen) atoms. The molecular weight excluding hydrogens is 348 g/mol. The van der Waals surface area contributed by atoms with Crippen LogP contribution in [-0.4, -0.2) is 19.6 Å². The third-order valence-corrected chi connectivity index (χ3v) is 5.57. The van der Waals surface area contributed by atoms with E-state index in [0.29, 0.717) is 0 Å². The minimum Gasteiger partial charge on any atom is -0.264 e. The van der Waals surface area contributed by atoms with Crippen molar-refractivity contribution in [2.75, 3.05) is 6.61 Å². The second kappa shape index (κ2) is 18.2. The summed E-state index contributed by atoms with van der Waals surface area (Å²) < 4.78 is 35.1. The molecule has 0 aliphatic carbocycles. The summed E-state index contributed by atoms with van der Waals surface area (Å²) in [5, 5.41) is 0. The molecule has 158 valence electrons. The van der Waals surface area contributed by atoms with E-state index in [1.165, 1.54) is 83.5 Å². The maximum absolute atomic E-state index is 10.8. The highest BCUT2D eigenvalue weighted by Crippen LogP contribution is 2.20. The molecule has 0 aromatic rings. The molecule has 0 amide bonds. The molecule has 0 aliphatic rings. The van der Waals surface area contributed by atoms with Crippen molar-refractivity contribution in [2.45, 2.75) is 123 Å². The van der Waals surface area contributed by atoms with Crippen molar-refractivity contribution < 1.29 is 17.2 Å². The quantitative estimate of drug-likeness (QED) is 0.177. The summed E-state index contributed by atoms with van der Waals surface area (Å²) in [5.74, 6) is 0.243. The van der Waals surface area contributed by atoms with Crippen LogP contribution in [-0.2, 0) is 14.6 Å². The zero-order chi connectivity index (χ0) is 19.5. The van der Waals surface area contributed by atoms with Gasteiger partial charge in [0.1, 0.15) is 0 Å². The van der Waals surface area contributed by atoms with Crippen molar-refractivity contribution in [3.8, 4) is 0 Å². The lowest BCUT2D eigenvalue weighted by molar-refractivity contribution is 0.204. The van der Waals surface area contributed by atoms with Gasteiger partial charge in [-0.25, -0.2) is 4.18 Å². The van der Waals surface area contributed by atoms with Crippen LogP contribution in [0, 0.1) is 5.92 Å². The molecule has 1 N–H and O–H groups in total. The Balaban J connectivity index is 3.77. The third-order valence-electron chi connectivity index (χ3n) is 5.13. The van der Waals surface area contributed by atoms with Crippen LogP contribution in [0.1, 0.15) is 123 Å². The summed E-state index contributed by atoms with van der Waals surface area (Å²) in [5.41, 5.74) is 0. The largest absolute Gasteiger partial charge is 0.397 e. The molecule has 0 saturated carbocycles. The lowest BCUT2D eigenvalue weighted by Crippen LogP contribution is -2.14. The SMILES string of the molecule is CCCCCCCCCCCCC(CCCCCCC)COS(=O)(=O)O. The number of rotatable bonds is 20. The van der Waals surface area contributed by atoms with Crippen molar-refractivity contribution in [1.82, 2.24) is 0 Å². The predicted octanol–water partition coefficient (Wildman–Crippen LogP) is 7.09. The monoisotopic (exact) mass is 392 g/mol. The summed E-state index contributed by atoms with van der Waals surface area (Å²) in [6.45, 7) is 4.58. The first kappa shape index (κ1) is 25.9. The van der Waals surface area contributed by atoms with Gasteiger partial charge in [0.05, 0.1) is 6.61 Å². The Morgan fingerprint density at radius 1 is 0.654 bits per heavy atom. The number of unbranched alkanes of at least 4 members (excludes halogenated alkanes) is 13. The van der Waals surface area contributed by atoms with Crippen molar-refractivity contribution in [2.24, 2.45) is 5.92 Å². The van der Waals surface area contributed by atoms with Crippen LogP contribution in [0.2, 0.25) is 0 Å². The van der Waals surface area contributed by atoms with Crippen molar-refractivity contribution in [1.29, 1.82) is 0 Å². The first-order valence-corrected chi connectivity index (χ1v) is 12.5. The summed E-state index contributed by atoms with van der Waals surface area (Å²) >= 11 is 0. The van der Waals surface area contributed by atoms with Crippen LogP contribution in [0.4, 0.5) is 0 Å². The molecule has 0 radical (unpaired) electrons. The van der Waals surface area contributed by atoms with Gasteiger partial charge in [-0.3, -0.25) is 4.55 Å². The molecule has 1 atom stereocenters. The summed E-state index contributed by atoms with van der Waals surface area (Å²) in [6.07, 6.45) is 21.1. The van der Waals surface area contributed by atoms with Crippen LogP contribution in [0.15, 0.2) is 0 Å². The highest BCUT2D eigenvalue weighted by atomic mass is 32.3. The molecule has 0 aromatic heterocycles. The topological polar surface area (TPSA) is 63.6 Å². The van der Waals surface area contributed by atoms with E-state index in [4.69, 9.17) is 4.55 Å². The Hall–Kier alpha value is -0.130. The number of hydrogen-bond donors (Lipinski definition) is 1. The fourth-order valence-electron chi connectivity index (χ4n) is 3.45. The summed E-state index contributed by atoms with van der Waals surface area (Å²) in [7, 11) is -4.31. The molecule has 0 aromatic carbocycles. The Morgan fingerprint density at radius 2 is 1.00 bits per heavy atom. The molecule has 0 rings (SSSR count). The molecule has 0 saturated heterocycles. The molecule has 0 fully saturated rings. The second-order valence-corrected chi connectivity index (χ2v) is 8.84. The average molecular weight is 393 g/mol. The van der Waals surface area contributed by atoms with Crippen LogP contribution in [0.5, 0.6) is 0 Å². The molecule has 1 unspecified atom stereocenters. The first-order valence-electron chi connectivity index (χ1n) is 11.1. The molecule has 0 aliphatic heterocycles. The van der Waals surface area contributed by atoms with Gasteiger partial charge in [-0.2, -0.15) is 8.42 Å². The third kappa shape index (κ3) is 20.2. The van der Waals surface area contributed by atoms with Gasteiger partial charge in [0.15, 0.2) is 0 Å². The van der Waals surface area contributed by atoms with E-state index in [1.807, 2.05) is 0 Å². The first-order chi connectivity index (χ1) is 12.5. The second-order valence-electron chi connectivity index (χ2n) is 7.75. The van der Waals surface area contributed by atoms with E-state index >= 15 is 0 Å². The minimum absolute atomic E-state index is 0.129. The maximum atomic E-state index is 10.8. The standard InChI is InChI=1S/C21H44O4S/c1-3-5-7-9-10-11-12-13-15-17-19-21(20-25-26(22,23)24)18-16-14-8-6-4-2/h21H,3-20H2,1-2H3,(H,22,23,24). The molecular formula is C21H44O4S. The fourth-order valence-corrected chi connectivity index (χ4v) is 3.81. The highest BCUT2D eigenvalue weighted by molar-refractivity contribution is 7.80. The summed E-state index contributed by atoms with van der Waals surface area (Å²) in [4.78, 5) is 0. The van der Waals surface area contributed by atoms with E-state index in [1.54, 1.807) is 0 Å². The smallest absolute Gasteiger partial charge is 0.264 e. The Morgan fingerprint density at radius 3 is 1.35 bits per heavy atom. The van der Waals surface area contributed by atoms with Crippen LogP contribution < -0.4 is 0 Å². The Bertz CT molecular complexity index is 381. The molecule has 0 bridgehead atoms. The van der Waals surface area contributed by atoms with E-state index in [0.717, 1.165) is 25.7 Å². The van der Waals surface area contributed by atoms with E-state index in [2.05, 4.69) is 18.0 Å². The normalized spacial score (nSPS) is 13.2. The van der Waals surface area contributed by atoms with Crippen LogP contribution >= 0.6 is 0 Å².